The number of hydrogen-bond acceptors (Lipinski definition) is 4. The van der Waals surface area contributed by atoms with Crippen LogP contribution in [0.3, 0.4) is 0 Å². The van der Waals surface area contributed by atoms with Gasteiger partial charge in [0, 0.05) is 19.6 Å². The van der Waals surface area contributed by atoms with Crippen molar-refractivity contribution in [2.45, 2.75) is 38.1 Å². The maximum atomic E-state index is 13.8. The molecule has 1 aromatic carbocycles. The van der Waals surface area contributed by atoms with Gasteiger partial charge in [-0.15, -0.1) is 0 Å². The zero-order chi connectivity index (χ0) is 19.2. The van der Waals surface area contributed by atoms with Gasteiger partial charge in [-0.1, -0.05) is 6.07 Å². The zero-order valence-corrected chi connectivity index (χ0v) is 15.8. The number of likely N-dealkylation sites (tertiary alicyclic amines) is 1. The number of ether oxygens (including phenoxy) is 1. The summed E-state index contributed by atoms with van der Waals surface area (Å²) in [7, 11) is 1.42. The van der Waals surface area contributed by atoms with Crippen LogP contribution in [0.4, 0.5) is 4.39 Å². The smallest absolute Gasteiger partial charge is 0.237 e. The van der Waals surface area contributed by atoms with Crippen molar-refractivity contribution in [3.05, 3.63) is 29.6 Å². The third-order valence-corrected chi connectivity index (χ3v) is 5.39. The first-order chi connectivity index (χ1) is 13.1. The molecule has 0 bridgehead atoms. The highest BCUT2D eigenvalue weighted by Gasteiger charge is 2.26. The number of amides is 2. The largest absolute Gasteiger partial charge is 0.494 e. The van der Waals surface area contributed by atoms with Gasteiger partial charge in [0.2, 0.25) is 11.8 Å². The summed E-state index contributed by atoms with van der Waals surface area (Å²) in [6, 6.07) is 4.54. The van der Waals surface area contributed by atoms with Crippen molar-refractivity contribution in [1.29, 1.82) is 0 Å². The van der Waals surface area contributed by atoms with E-state index in [0.717, 1.165) is 32.2 Å². The molecule has 1 aromatic rings. The van der Waals surface area contributed by atoms with E-state index < -0.39 is 5.82 Å². The van der Waals surface area contributed by atoms with Crippen LogP contribution in [0.1, 0.15) is 31.2 Å². The van der Waals surface area contributed by atoms with E-state index in [9.17, 15) is 14.0 Å². The third kappa shape index (κ3) is 5.19. The van der Waals surface area contributed by atoms with E-state index >= 15 is 0 Å². The quantitative estimate of drug-likeness (QED) is 0.788. The average Bonchev–Trinajstić information content (AvgIpc) is 3.21. The molecule has 0 spiro atoms. The predicted molar refractivity (Wildman–Crippen MR) is 100.0 cm³/mol. The van der Waals surface area contributed by atoms with Crippen molar-refractivity contribution in [3.63, 3.8) is 0 Å². The molecule has 2 N–H and O–H groups in total. The van der Waals surface area contributed by atoms with Crippen LogP contribution < -0.4 is 15.4 Å². The first-order valence-electron chi connectivity index (χ1n) is 9.68. The number of carbonyl (C=O) groups is 2. The van der Waals surface area contributed by atoms with Gasteiger partial charge in [0.25, 0.3) is 0 Å². The minimum Gasteiger partial charge on any atom is -0.494 e. The molecule has 27 heavy (non-hydrogen) atoms. The summed E-state index contributed by atoms with van der Waals surface area (Å²) in [6.45, 7) is 2.84. The number of piperidine rings is 1. The molecule has 0 aromatic heterocycles. The van der Waals surface area contributed by atoms with Crippen LogP contribution in [0.15, 0.2) is 18.2 Å². The SMILES string of the molecule is COc1ccc(CC(=O)N2CCCC(CNC(=O)C3CCCN3)C2)cc1F. The summed E-state index contributed by atoms with van der Waals surface area (Å²) in [5.74, 6) is 0.0395. The van der Waals surface area contributed by atoms with E-state index in [0.29, 0.717) is 25.2 Å². The molecule has 6 nitrogen and oxygen atoms in total. The van der Waals surface area contributed by atoms with E-state index in [4.69, 9.17) is 4.74 Å². The van der Waals surface area contributed by atoms with Crippen molar-refractivity contribution in [2.24, 2.45) is 5.92 Å². The maximum absolute atomic E-state index is 13.8. The highest BCUT2D eigenvalue weighted by Crippen LogP contribution is 2.20. The minimum atomic E-state index is -0.456. The second-order valence-corrected chi connectivity index (χ2v) is 7.39. The maximum Gasteiger partial charge on any atom is 0.237 e. The van der Waals surface area contributed by atoms with Crippen LogP contribution in [-0.2, 0) is 16.0 Å². The van der Waals surface area contributed by atoms with Crippen molar-refractivity contribution >= 4 is 11.8 Å². The van der Waals surface area contributed by atoms with E-state index in [1.54, 1.807) is 12.1 Å². The van der Waals surface area contributed by atoms with Crippen molar-refractivity contribution in [1.82, 2.24) is 15.5 Å². The molecule has 7 heteroatoms. The Kier molecular flexibility index (Phi) is 6.66. The fourth-order valence-electron chi connectivity index (χ4n) is 3.84. The molecule has 0 saturated carbocycles. The summed E-state index contributed by atoms with van der Waals surface area (Å²) < 4.78 is 18.7. The van der Waals surface area contributed by atoms with Gasteiger partial charge >= 0.3 is 0 Å². The molecule has 2 aliphatic rings. The van der Waals surface area contributed by atoms with Crippen LogP contribution in [0.25, 0.3) is 0 Å². The molecule has 2 fully saturated rings. The Balaban J connectivity index is 1.48. The highest BCUT2D eigenvalue weighted by molar-refractivity contribution is 5.82. The second-order valence-electron chi connectivity index (χ2n) is 7.39. The van der Waals surface area contributed by atoms with Crippen molar-refractivity contribution < 1.29 is 18.7 Å². The Bertz CT molecular complexity index is 676. The van der Waals surface area contributed by atoms with Gasteiger partial charge in [-0.25, -0.2) is 4.39 Å². The lowest BCUT2D eigenvalue weighted by molar-refractivity contribution is -0.132. The number of halogens is 1. The number of nitrogens with one attached hydrogen (secondary N) is 2. The molecule has 2 heterocycles. The molecule has 2 unspecified atom stereocenters. The predicted octanol–water partition coefficient (Wildman–Crippen LogP) is 1.48. The van der Waals surface area contributed by atoms with E-state index in [1.807, 2.05) is 4.90 Å². The number of methoxy groups -OCH3 is 1. The lowest BCUT2D eigenvalue weighted by atomic mass is 9.97. The molecule has 2 saturated heterocycles. The van der Waals surface area contributed by atoms with Gasteiger partial charge in [0.15, 0.2) is 11.6 Å². The van der Waals surface area contributed by atoms with Crippen LogP contribution in [0, 0.1) is 11.7 Å². The van der Waals surface area contributed by atoms with E-state index in [2.05, 4.69) is 10.6 Å². The molecule has 0 aliphatic carbocycles. The van der Waals surface area contributed by atoms with Gasteiger partial charge < -0.3 is 20.3 Å². The molecule has 3 rings (SSSR count). The zero-order valence-electron chi connectivity index (χ0n) is 15.8. The van der Waals surface area contributed by atoms with Gasteiger partial charge in [0.1, 0.15) is 0 Å². The molecule has 2 aliphatic heterocycles. The fraction of sp³-hybridized carbons (Fsp3) is 0.600. The Hall–Kier alpha value is -2.15. The first-order valence-corrected chi connectivity index (χ1v) is 9.68. The molecule has 2 amide bonds. The number of benzene rings is 1. The lowest BCUT2D eigenvalue weighted by Gasteiger charge is -2.33. The molecule has 148 valence electrons. The summed E-state index contributed by atoms with van der Waals surface area (Å²) >= 11 is 0. The number of rotatable bonds is 6. The van der Waals surface area contributed by atoms with E-state index in [-0.39, 0.29) is 35.9 Å². The standard InChI is InChI=1S/C20H28FN3O3/c1-27-18-7-6-14(10-16(18)21)11-19(25)24-9-3-4-15(13-24)12-23-20(26)17-5-2-8-22-17/h6-7,10,15,17,22H,2-5,8-9,11-13H2,1H3,(H,23,26). The van der Waals surface area contributed by atoms with Crippen LogP contribution in [0.5, 0.6) is 5.75 Å². The number of hydrogen-bond donors (Lipinski definition) is 2. The summed E-state index contributed by atoms with van der Waals surface area (Å²) in [5.41, 5.74) is 0.640. The Morgan fingerprint density at radius 3 is 2.89 bits per heavy atom. The summed E-state index contributed by atoms with van der Waals surface area (Å²) in [6.07, 6.45) is 4.02. The Labute approximate surface area is 159 Å². The van der Waals surface area contributed by atoms with Gasteiger partial charge in [-0.05, 0) is 55.8 Å². The Morgan fingerprint density at radius 2 is 2.19 bits per heavy atom. The first kappa shape index (κ1) is 19.6. The van der Waals surface area contributed by atoms with Crippen molar-refractivity contribution in [2.75, 3.05) is 33.3 Å². The Morgan fingerprint density at radius 1 is 1.33 bits per heavy atom. The monoisotopic (exact) mass is 377 g/mol. The van der Waals surface area contributed by atoms with Crippen molar-refractivity contribution in [3.8, 4) is 5.75 Å². The van der Waals surface area contributed by atoms with Crippen LogP contribution >= 0.6 is 0 Å². The number of nitrogens with zero attached hydrogens (tertiary/aromatic N) is 1. The third-order valence-electron chi connectivity index (χ3n) is 5.39. The molecule has 2 atom stereocenters. The van der Waals surface area contributed by atoms with Gasteiger partial charge in [-0.2, -0.15) is 0 Å². The molecule has 0 radical (unpaired) electrons. The van der Waals surface area contributed by atoms with Crippen LogP contribution in [0.2, 0.25) is 0 Å². The van der Waals surface area contributed by atoms with Crippen LogP contribution in [-0.4, -0.2) is 56.0 Å². The summed E-state index contributed by atoms with van der Waals surface area (Å²) in [4.78, 5) is 26.6. The normalized spacial score (nSPS) is 22.5. The fourth-order valence-corrected chi connectivity index (χ4v) is 3.84. The highest BCUT2D eigenvalue weighted by atomic mass is 19.1. The summed E-state index contributed by atoms with van der Waals surface area (Å²) in [5, 5.41) is 6.22. The lowest BCUT2D eigenvalue weighted by Crippen LogP contribution is -2.47. The molecular formula is C20H28FN3O3. The molecular weight excluding hydrogens is 349 g/mol. The minimum absolute atomic E-state index is 0.00643. The van der Waals surface area contributed by atoms with Gasteiger partial charge in [-0.3, -0.25) is 9.59 Å². The second kappa shape index (κ2) is 9.17. The van der Waals surface area contributed by atoms with E-state index in [1.165, 1.54) is 13.2 Å². The average molecular weight is 377 g/mol. The topological polar surface area (TPSA) is 70.7 Å². The number of carbonyl (C=O) groups excluding carboxylic acids is 2. The van der Waals surface area contributed by atoms with Gasteiger partial charge in [0.05, 0.1) is 19.6 Å².